The van der Waals surface area contributed by atoms with Gasteiger partial charge in [-0.05, 0) is 18.2 Å². The topological polar surface area (TPSA) is 38.9 Å². The first-order valence-electron chi connectivity index (χ1n) is 4.92. The first kappa shape index (κ1) is 12.6. The van der Waals surface area contributed by atoms with Gasteiger partial charge in [-0.1, -0.05) is 25.4 Å². The van der Waals surface area contributed by atoms with E-state index >= 15 is 0 Å². The van der Waals surface area contributed by atoms with Crippen molar-refractivity contribution in [2.45, 2.75) is 20.8 Å². The smallest absolute Gasteiger partial charge is 0.247 e. The standard InChI is InChI=1S/C9H6ClFN2O.C2H6/c1-5-12-13-9(14-5)6-2-3-8(11)7(10)4-6;1-2/h2-4H,1H3;1-2H3. The van der Waals surface area contributed by atoms with Gasteiger partial charge in [0.2, 0.25) is 11.8 Å². The van der Waals surface area contributed by atoms with Crippen LogP contribution in [0.25, 0.3) is 11.5 Å². The Labute approximate surface area is 98.3 Å². The van der Waals surface area contributed by atoms with Crippen molar-refractivity contribution >= 4 is 11.6 Å². The molecule has 0 amide bonds. The van der Waals surface area contributed by atoms with E-state index in [1.165, 1.54) is 18.2 Å². The summed E-state index contributed by atoms with van der Waals surface area (Å²) in [5.41, 5.74) is 0.608. The summed E-state index contributed by atoms with van der Waals surface area (Å²) >= 11 is 5.61. The Kier molecular flexibility index (Phi) is 4.43. The Morgan fingerprint density at radius 3 is 2.44 bits per heavy atom. The molecule has 3 nitrogen and oxygen atoms in total. The molecular weight excluding hydrogens is 231 g/mol. The SMILES string of the molecule is CC.Cc1nnc(-c2ccc(F)c(Cl)c2)o1. The van der Waals surface area contributed by atoms with Gasteiger partial charge in [-0.15, -0.1) is 10.2 Å². The molecule has 0 fully saturated rings. The van der Waals surface area contributed by atoms with E-state index in [1.54, 1.807) is 6.92 Å². The van der Waals surface area contributed by atoms with E-state index in [0.717, 1.165) is 0 Å². The summed E-state index contributed by atoms with van der Waals surface area (Å²) in [5, 5.41) is 7.49. The summed E-state index contributed by atoms with van der Waals surface area (Å²) in [7, 11) is 0. The van der Waals surface area contributed by atoms with Gasteiger partial charge in [0.05, 0.1) is 5.02 Å². The first-order chi connectivity index (χ1) is 7.66. The van der Waals surface area contributed by atoms with Gasteiger partial charge in [0.1, 0.15) is 5.82 Å². The van der Waals surface area contributed by atoms with Crippen molar-refractivity contribution in [1.82, 2.24) is 10.2 Å². The Morgan fingerprint density at radius 1 is 1.25 bits per heavy atom. The molecule has 2 rings (SSSR count). The van der Waals surface area contributed by atoms with Crippen LogP contribution in [-0.2, 0) is 0 Å². The van der Waals surface area contributed by atoms with E-state index in [2.05, 4.69) is 10.2 Å². The summed E-state index contributed by atoms with van der Waals surface area (Å²) in [6, 6.07) is 4.25. The minimum Gasteiger partial charge on any atom is -0.421 e. The number of benzene rings is 1. The minimum atomic E-state index is -0.466. The lowest BCUT2D eigenvalue weighted by Crippen LogP contribution is -1.81. The normalized spacial score (nSPS) is 9.56. The van der Waals surface area contributed by atoms with Crippen LogP contribution in [0.15, 0.2) is 22.6 Å². The summed E-state index contributed by atoms with van der Waals surface area (Å²) in [6.07, 6.45) is 0. The highest BCUT2D eigenvalue weighted by Crippen LogP contribution is 2.23. The van der Waals surface area contributed by atoms with E-state index in [1.807, 2.05) is 13.8 Å². The third-order valence-electron chi connectivity index (χ3n) is 1.69. The van der Waals surface area contributed by atoms with E-state index in [9.17, 15) is 4.39 Å². The van der Waals surface area contributed by atoms with Crippen LogP contribution in [0.4, 0.5) is 4.39 Å². The van der Waals surface area contributed by atoms with Gasteiger partial charge in [0.25, 0.3) is 0 Å². The monoisotopic (exact) mass is 242 g/mol. The molecule has 0 N–H and O–H groups in total. The predicted molar refractivity (Wildman–Crippen MR) is 60.8 cm³/mol. The van der Waals surface area contributed by atoms with Crippen LogP contribution in [0.3, 0.4) is 0 Å². The number of nitrogens with zero attached hydrogens (tertiary/aromatic N) is 2. The lowest BCUT2D eigenvalue weighted by Gasteiger charge is -1.96. The van der Waals surface area contributed by atoms with Gasteiger partial charge in [-0.25, -0.2) is 4.39 Å². The van der Waals surface area contributed by atoms with Gasteiger partial charge < -0.3 is 4.42 Å². The van der Waals surface area contributed by atoms with Gasteiger partial charge in [-0.3, -0.25) is 0 Å². The van der Waals surface area contributed by atoms with Crippen LogP contribution in [0, 0.1) is 12.7 Å². The molecule has 1 aromatic carbocycles. The van der Waals surface area contributed by atoms with Crippen molar-refractivity contribution < 1.29 is 8.81 Å². The fraction of sp³-hybridized carbons (Fsp3) is 0.273. The highest BCUT2D eigenvalue weighted by atomic mass is 35.5. The number of aromatic nitrogens is 2. The fourth-order valence-electron chi connectivity index (χ4n) is 1.04. The maximum absolute atomic E-state index is 12.8. The Hall–Kier alpha value is -1.42. The highest BCUT2D eigenvalue weighted by Gasteiger charge is 2.08. The molecule has 0 unspecified atom stereocenters. The summed E-state index contributed by atoms with van der Waals surface area (Å²) in [6.45, 7) is 5.68. The molecule has 0 saturated heterocycles. The van der Waals surface area contributed by atoms with Gasteiger partial charge >= 0.3 is 0 Å². The van der Waals surface area contributed by atoms with Crippen molar-refractivity contribution in [3.05, 3.63) is 34.9 Å². The Balaban J connectivity index is 0.000000606. The molecule has 0 bridgehead atoms. The molecule has 2 aromatic rings. The molecule has 0 spiro atoms. The van der Waals surface area contributed by atoms with Crippen LogP contribution in [0.1, 0.15) is 19.7 Å². The van der Waals surface area contributed by atoms with Crippen LogP contribution in [-0.4, -0.2) is 10.2 Å². The maximum Gasteiger partial charge on any atom is 0.247 e. The minimum absolute atomic E-state index is 0.0401. The van der Waals surface area contributed by atoms with Gasteiger partial charge in [0.15, 0.2) is 0 Å². The van der Waals surface area contributed by atoms with Crippen molar-refractivity contribution in [1.29, 1.82) is 0 Å². The number of hydrogen-bond acceptors (Lipinski definition) is 3. The molecule has 0 atom stereocenters. The van der Waals surface area contributed by atoms with E-state index < -0.39 is 5.82 Å². The average Bonchev–Trinajstić information content (AvgIpc) is 2.72. The summed E-state index contributed by atoms with van der Waals surface area (Å²) in [4.78, 5) is 0. The zero-order valence-electron chi connectivity index (χ0n) is 9.29. The molecule has 0 radical (unpaired) electrons. The molecule has 1 heterocycles. The molecule has 5 heteroatoms. The largest absolute Gasteiger partial charge is 0.421 e. The number of aryl methyl sites for hydroxylation is 1. The van der Waals surface area contributed by atoms with E-state index in [4.69, 9.17) is 16.0 Å². The highest BCUT2D eigenvalue weighted by molar-refractivity contribution is 6.31. The fourth-order valence-corrected chi connectivity index (χ4v) is 1.22. The Morgan fingerprint density at radius 2 is 1.94 bits per heavy atom. The summed E-state index contributed by atoms with van der Waals surface area (Å²) in [5.74, 6) is 0.330. The maximum atomic E-state index is 12.8. The van der Waals surface area contributed by atoms with Crippen molar-refractivity contribution in [3.8, 4) is 11.5 Å². The van der Waals surface area contributed by atoms with Crippen molar-refractivity contribution in [2.24, 2.45) is 0 Å². The zero-order valence-corrected chi connectivity index (χ0v) is 10.0. The molecule has 0 aliphatic heterocycles. The van der Waals surface area contributed by atoms with E-state index in [-0.39, 0.29) is 5.02 Å². The van der Waals surface area contributed by atoms with Gasteiger partial charge in [-0.2, -0.15) is 0 Å². The van der Waals surface area contributed by atoms with Crippen molar-refractivity contribution in [3.63, 3.8) is 0 Å². The second-order valence-electron chi connectivity index (χ2n) is 2.76. The predicted octanol–water partition coefficient (Wildman–Crippen LogP) is 3.86. The first-order valence-corrected chi connectivity index (χ1v) is 5.30. The number of halogens is 2. The number of rotatable bonds is 1. The lowest BCUT2D eigenvalue weighted by molar-refractivity contribution is 0.532. The molecule has 1 aromatic heterocycles. The summed E-state index contributed by atoms with van der Waals surface area (Å²) < 4.78 is 18.0. The average molecular weight is 243 g/mol. The van der Waals surface area contributed by atoms with Crippen LogP contribution in [0.2, 0.25) is 5.02 Å². The third kappa shape index (κ3) is 2.79. The van der Waals surface area contributed by atoms with Crippen LogP contribution in [0.5, 0.6) is 0 Å². The molecular formula is C11H12ClFN2O. The molecule has 0 aliphatic carbocycles. The van der Waals surface area contributed by atoms with E-state index in [0.29, 0.717) is 17.3 Å². The lowest BCUT2D eigenvalue weighted by atomic mass is 10.2. The van der Waals surface area contributed by atoms with Crippen LogP contribution >= 0.6 is 11.6 Å². The second-order valence-corrected chi connectivity index (χ2v) is 3.16. The zero-order chi connectivity index (χ0) is 12.1. The molecule has 86 valence electrons. The molecule has 0 aliphatic rings. The second kappa shape index (κ2) is 5.61. The quantitative estimate of drug-likeness (QED) is 0.762. The van der Waals surface area contributed by atoms with Gasteiger partial charge in [0, 0.05) is 12.5 Å². The van der Waals surface area contributed by atoms with Crippen LogP contribution < -0.4 is 0 Å². The molecule has 16 heavy (non-hydrogen) atoms. The molecule has 0 saturated carbocycles. The van der Waals surface area contributed by atoms with Crippen molar-refractivity contribution in [2.75, 3.05) is 0 Å². The Bertz CT molecular complexity index is 471. The third-order valence-corrected chi connectivity index (χ3v) is 1.98. The number of hydrogen-bond donors (Lipinski definition) is 0.